The van der Waals surface area contributed by atoms with E-state index in [0.29, 0.717) is 57.2 Å². The third-order valence-electron chi connectivity index (χ3n) is 5.33. The summed E-state index contributed by atoms with van der Waals surface area (Å²) in [6, 6.07) is 7.05. The number of ether oxygens (including phenoxy) is 2. The second kappa shape index (κ2) is 10.8. The molecule has 1 atom stereocenters. The number of benzene rings is 1. The minimum absolute atomic E-state index is 0.107. The molecule has 2 aliphatic heterocycles. The molecule has 0 spiro atoms. The molecular weight excluding hydrogens is 386 g/mol. The first kappa shape index (κ1) is 21.9. The van der Waals surface area contributed by atoms with Crippen LogP contribution in [0.4, 0.5) is 0 Å². The van der Waals surface area contributed by atoms with Crippen LogP contribution in [0.15, 0.2) is 29.3 Å². The van der Waals surface area contributed by atoms with Gasteiger partial charge in [-0.05, 0) is 31.0 Å². The second-order valence-electron chi connectivity index (χ2n) is 7.28. The summed E-state index contributed by atoms with van der Waals surface area (Å²) in [5.41, 5.74) is 0.561. The molecule has 3 rings (SSSR count). The van der Waals surface area contributed by atoms with Crippen LogP contribution in [-0.2, 0) is 9.53 Å². The van der Waals surface area contributed by atoms with Gasteiger partial charge in [-0.3, -0.25) is 14.6 Å². The molecule has 0 saturated carbocycles. The molecular formula is C21H31N5O4. The van der Waals surface area contributed by atoms with Crippen LogP contribution in [0, 0.1) is 0 Å². The monoisotopic (exact) mass is 417 g/mol. The van der Waals surface area contributed by atoms with E-state index in [1.165, 1.54) is 0 Å². The smallest absolute Gasteiger partial charge is 0.251 e. The van der Waals surface area contributed by atoms with Crippen molar-refractivity contribution in [1.29, 1.82) is 0 Å². The molecule has 1 aromatic rings. The molecule has 2 saturated heterocycles. The minimum atomic E-state index is -0.262. The Bertz CT molecular complexity index is 756. The SMILES string of the molecule is CN=C(NCCNC(=O)c1cccc(OC)c1)N1CCN(C(=O)C2CCCO2)CC1. The molecule has 0 bridgehead atoms. The average Bonchev–Trinajstić information content (AvgIpc) is 3.34. The Labute approximate surface area is 177 Å². The lowest BCUT2D eigenvalue weighted by Gasteiger charge is -2.37. The Morgan fingerprint density at radius 3 is 2.57 bits per heavy atom. The molecule has 0 aliphatic carbocycles. The van der Waals surface area contributed by atoms with Gasteiger partial charge in [-0.25, -0.2) is 0 Å². The van der Waals surface area contributed by atoms with Crippen molar-refractivity contribution in [3.05, 3.63) is 29.8 Å². The summed E-state index contributed by atoms with van der Waals surface area (Å²) < 4.78 is 10.7. The highest BCUT2D eigenvalue weighted by Gasteiger charge is 2.30. The summed E-state index contributed by atoms with van der Waals surface area (Å²) in [5, 5.41) is 6.16. The highest BCUT2D eigenvalue weighted by molar-refractivity contribution is 5.94. The van der Waals surface area contributed by atoms with Crippen molar-refractivity contribution < 1.29 is 19.1 Å². The molecule has 164 valence electrons. The van der Waals surface area contributed by atoms with Gasteiger partial charge < -0.3 is 29.9 Å². The number of nitrogens with zero attached hydrogens (tertiary/aromatic N) is 3. The molecule has 2 amide bonds. The first-order valence-electron chi connectivity index (χ1n) is 10.4. The van der Waals surface area contributed by atoms with Crippen LogP contribution >= 0.6 is 0 Å². The Morgan fingerprint density at radius 1 is 1.17 bits per heavy atom. The van der Waals surface area contributed by atoms with E-state index in [1.807, 2.05) is 4.90 Å². The van der Waals surface area contributed by atoms with Crippen LogP contribution in [0.25, 0.3) is 0 Å². The van der Waals surface area contributed by atoms with Crippen molar-refractivity contribution in [3.63, 3.8) is 0 Å². The fraction of sp³-hybridized carbons (Fsp3) is 0.571. The highest BCUT2D eigenvalue weighted by Crippen LogP contribution is 2.16. The Morgan fingerprint density at radius 2 is 1.90 bits per heavy atom. The van der Waals surface area contributed by atoms with Gasteiger partial charge in [-0.2, -0.15) is 0 Å². The summed E-state index contributed by atoms with van der Waals surface area (Å²) in [6.07, 6.45) is 1.52. The average molecular weight is 418 g/mol. The zero-order valence-corrected chi connectivity index (χ0v) is 17.7. The van der Waals surface area contributed by atoms with Crippen molar-refractivity contribution in [1.82, 2.24) is 20.4 Å². The van der Waals surface area contributed by atoms with Crippen LogP contribution in [-0.4, -0.2) is 93.7 Å². The normalized spacial score (nSPS) is 19.5. The van der Waals surface area contributed by atoms with Gasteiger partial charge in [0.25, 0.3) is 11.8 Å². The molecule has 9 heteroatoms. The number of methoxy groups -OCH3 is 1. The fourth-order valence-electron chi connectivity index (χ4n) is 3.66. The zero-order valence-electron chi connectivity index (χ0n) is 17.7. The van der Waals surface area contributed by atoms with Crippen molar-refractivity contribution >= 4 is 17.8 Å². The quantitative estimate of drug-likeness (QED) is 0.393. The summed E-state index contributed by atoms with van der Waals surface area (Å²) in [7, 11) is 3.31. The van der Waals surface area contributed by atoms with E-state index in [2.05, 4.69) is 20.5 Å². The van der Waals surface area contributed by atoms with E-state index in [-0.39, 0.29) is 17.9 Å². The van der Waals surface area contributed by atoms with Crippen molar-refractivity contribution in [2.75, 3.05) is 60.0 Å². The van der Waals surface area contributed by atoms with E-state index in [0.717, 1.165) is 18.8 Å². The number of amides is 2. The molecule has 2 heterocycles. The number of guanidine groups is 1. The summed E-state index contributed by atoms with van der Waals surface area (Å²) in [4.78, 5) is 33.1. The first-order valence-corrected chi connectivity index (χ1v) is 10.4. The number of carbonyl (C=O) groups excluding carboxylic acids is 2. The van der Waals surface area contributed by atoms with E-state index in [4.69, 9.17) is 9.47 Å². The van der Waals surface area contributed by atoms with Crippen LogP contribution in [0.1, 0.15) is 23.2 Å². The summed E-state index contributed by atoms with van der Waals surface area (Å²) in [6.45, 7) is 4.45. The molecule has 0 radical (unpaired) electrons. The van der Waals surface area contributed by atoms with Crippen LogP contribution in [0.3, 0.4) is 0 Å². The lowest BCUT2D eigenvalue weighted by Crippen LogP contribution is -2.55. The van der Waals surface area contributed by atoms with E-state index in [9.17, 15) is 9.59 Å². The fourth-order valence-corrected chi connectivity index (χ4v) is 3.66. The van der Waals surface area contributed by atoms with E-state index < -0.39 is 0 Å². The molecule has 30 heavy (non-hydrogen) atoms. The van der Waals surface area contributed by atoms with Gasteiger partial charge >= 0.3 is 0 Å². The van der Waals surface area contributed by atoms with Gasteiger partial charge in [-0.15, -0.1) is 0 Å². The topological polar surface area (TPSA) is 95.5 Å². The summed E-state index contributed by atoms with van der Waals surface area (Å²) in [5.74, 6) is 1.38. The number of carbonyl (C=O) groups is 2. The third kappa shape index (κ3) is 5.63. The molecule has 9 nitrogen and oxygen atoms in total. The molecule has 2 N–H and O–H groups in total. The number of rotatable bonds is 6. The standard InChI is InChI=1S/C21H31N5O4/c1-22-21(24-9-8-23-19(27)16-5-3-6-17(15-16)29-2)26-12-10-25(11-13-26)20(28)18-7-4-14-30-18/h3,5-6,15,18H,4,7-14H2,1-2H3,(H,22,24)(H,23,27). The van der Waals surface area contributed by atoms with E-state index >= 15 is 0 Å². The Hall–Kier alpha value is -2.81. The van der Waals surface area contributed by atoms with Gasteiger partial charge in [0.15, 0.2) is 5.96 Å². The Kier molecular flexibility index (Phi) is 7.89. The predicted molar refractivity (Wildman–Crippen MR) is 114 cm³/mol. The van der Waals surface area contributed by atoms with Gasteiger partial charge in [0.05, 0.1) is 7.11 Å². The number of hydrogen-bond acceptors (Lipinski definition) is 5. The van der Waals surface area contributed by atoms with Gasteiger partial charge in [-0.1, -0.05) is 6.07 Å². The molecule has 0 aromatic heterocycles. The predicted octanol–water partition coefficient (Wildman–Crippen LogP) is 0.324. The van der Waals surface area contributed by atoms with Crippen molar-refractivity contribution in [2.45, 2.75) is 18.9 Å². The minimum Gasteiger partial charge on any atom is -0.497 e. The van der Waals surface area contributed by atoms with Crippen molar-refractivity contribution in [3.8, 4) is 5.75 Å². The van der Waals surface area contributed by atoms with Crippen molar-refractivity contribution in [2.24, 2.45) is 4.99 Å². The highest BCUT2D eigenvalue weighted by atomic mass is 16.5. The zero-order chi connectivity index (χ0) is 21.3. The Balaban J connectivity index is 1.38. The van der Waals surface area contributed by atoms with Gasteiger partial charge in [0.2, 0.25) is 0 Å². The lowest BCUT2D eigenvalue weighted by molar-refractivity contribution is -0.142. The maximum absolute atomic E-state index is 12.5. The molecule has 1 unspecified atom stereocenters. The molecule has 2 aliphatic rings. The maximum Gasteiger partial charge on any atom is 0.251 e. The first-order chi connectivity index (χ1) is 14.6. The number of hydrogen-bond donors (Lipinski definition) is 2. The van der Waals surface area contributed by atoms with Crippen LogP contribution < -0.4 is 15.4 Å². The third-order valence-corrected chi connectivity index (χ3v) is 5.33. The number of nitrogens with one attached hydrogen (secondary N) is 2. The van der Waals surface area contributed by atoms with Gasteiger partial charge in [0.1, 0.15) is 11.9 Å². The largest absolute Gasteiger partial charge is 0.497 e. The molecule has 1 aromatic carbocycles. The van der Waals surface area contributed by atoms with Gasteiger partial charge in [0, 0.05) is 58.5 Å². The second-order valence-corrected chi connectivity index (χ2v) is 7.28. The number of piperazine rings is 1. The van der Waals surface area contributed by atoms with Crippen LogP contribution in [0.5, 0.6) is 5.75 Å². The van der Waals surface area contributed by atoms with Crippen LogP contribution in [0.2, 0.25) is 0 Å². The van der Waals surface area contributed by atoms with E-state index in [1.54, 1.807) is 38.4 Å². The number of aliphatic imine (C=N–C) groups is 1. The lowest BCUT2D eigenvalue weighted by atomic mass is 10.2. The summed E-state index contributed by atoms with van der Waals surface area (Å²) >= 11 is 0. The molecule has 2 fully saturated rings. The maximum atomic E-state index is 12.5.